The van der Waals surface area contributed by atoms with Gasteiger partial charge in [0.05, 0.1) is 12.3 Å². The highest BCUT2D eigenvalue weighted by Gasteiger charge is 2.32. The summed E-state index contributed by atoms with van der Waals surface area (Å²) < 4.78 is 36.0. The number of carbonyl (C=O) groups is 1. The zero-order valence-electron chi connectivity index (χ0n) is 8.92. The Bertz CT molecular complexity index is 288. The molecule has 0 aromatic carbocycles. The molecule has 0 saturated carbocycles. The molecule has 1 amide bonds. The van der Waals surface area contributed by atoms with E-state index in [0.717, 1.165) is 0 Å². The van der Waals surface area contributed by atoms with E-state index < -0.39 is 24.6 Å². The summed E-state index contributed by atoms with van der Waals surface area (Å²) >= 11 is 0. The molecule has 0 aliphatic heterocycles. The summed E-state index contributed by atoms with van der Waals surface area (Å²) in [5.41, 5.74) is 5.55. The largest absolute Gasteiger partial charge is 0.391 e. The average molecular weight is 236 g/mol. The number of hydrogen-bond donors (Lipinski definition) is 2. The molecule has 3 atom stereocenters. The maximum absolute atomic E-state index is 12.0. The van der Waals surface area contributed by atoms with E-state index in [9.17, 15) is 18.0 Å². The molecule has 0 aromatic rings. The van der Waals surface area contributed by atoms with Gasteiger partial charge in [-0.15, -0.1) is 0 Å². The topological polar surface area (TPSA) is 55.1 Å². The van der Waals surface area contributed by atoms with Crippen LogP contribution in [0.2, 0.25) is 0 Å². The van der Waals surface area contributed by atoms with Crippen LogP contribution in [0.3, 0.4) is 0 Å². The molecule has 1 aliphatic rings. The smallest absolute Gasteiger partial charge is 0.353 e. The molecule has 0 bridgehead atoms. The van der Waals surface area contributed by atoms with Crippen molar-refractivity contribution in [2.75, 3.05) is 0 Å². The van der Waals surface area contributed by atoms with Crippen LogP contribution in [0.4, 0.5) is 13.2 Å². The van der Waals surface area contributed by atoms with Crippen LogP contribution in [0.1, 0.15) is 19.8 Å². The van der Waals surface area contributed by atoms with Crippen molar-refractivity contribution < 1.29 is 18.0 Å². The quantitative estimate of drug-likeness (QED) is 0.727. The van der Waals surface area contributed by atoms with Crippen molar-refractivity contribution in [1.82, 2.24) is 5.32 Å². The van der Waals surface area contributed by atoms with E-state index in [1.807, 2.05) is 0 Å². The van der Waals surface area contributed by atoms with Gasteiger partial charge in [0.25, 0.3) is 0 Å². The zero-order valence-corrected chi connectivity index (χ0v) is 8.92. The summed E-state index contributed by atoms with van der Waals surface area (Å²) in [6.45, 7) is 1.34. The second-order valence-corrected chi connectivity index (χ2v) is 4.12. The number of rotatable bonds is 3. The summed E-state index contributed by atoms with van der Waals surface area (Å²) in [6.07, 6.45) is -1.47. The van der Waals surface area contributed by atoms with E-state index in [-0.39, 0.29) is 11.9 Å². The van der Waals surface area contributed by atoms with Gasteiger partial charge in [0, 0.05) is 12.1 Å². The molecule has 0 spiro atoms. The molecular weight excluding hydrogens is 221 g/mol. The fraction of sp³-hybridized carbons (Fsp3) is 0.700. The Labute approximate surface area is 91.9 Å². The van der Waals surface area contributed by atoms with Gasteiger partial charge in [-0.1, -0.05) is 12.2 Å². The highest BCUT2D eigenvalue weighted by atomic mass is 19.4. The second-order valence-electron chi connectivity index (χ2n) is 4.12. The van der Waals surface area contributed by atoms with Crippen LogP contribution in [0, 0.1) is 5.92 Å². The fourth-order valence-corrected chi connectivity index (χ4v) is 1.67. The molecule has 0 saturated heterocycles. The predicted octanol–water partition coefficient (Wildman–Crippen LogP) is 1.35. The Morgan fingerprint density at radius 1 is 1.56 bits per heavy atom. The minimum absolute atomic E-state index is 0.173. The van der Waals surface area contributed by atoms with Crippen LogP contribution in [0.15, 0.2) is 12.2 Å². The maximum Gasteiger partial charge on any atom is 0.391 e. The molecule has 16 heavy (non-hydrogen) atoms. The van der Waals surface area contributed by atoms with Gasteiger partial charge < -0.3 is 11.1 Å². The Balaban J connectivity index is 2.37. The van der Waals surface area contributed by atoms with Crippen LogP contribution < -0.4 is 11.1 Å². The lowest BCUT2D eigenvalue weighted by Gasteiger charge is -2.18. The summed E-state index contributed by atoms with van der Waals surface area (Å²) in [6, 6.07) is -1.08. The lowest BCUT2D eigenvalue weighted by molar-refractivity contribution is -0.141. The highest BCUT2D eigenvalue weighted by molar-refractivity contribution is 5.81. The fourth-order valence-electron chi connectivity index (χ4n) is 1.67. The van der Waals surface area contributed by atoms with Crippen LogP contribution >= 0.6 is 0 Å². The molecule has 0 fully saturated rings. The average Bonchev–Trinajstić information content (AvgIpc) is 2.47. The van der Waals surface area contributed by atoms with Crippen LogP contribution in [0.5, 0.6) is 0 Å². The second kappa shape index (κ2) is 4.86. The Morgan fingerprint density at radius 2 is 2.19 bits per heavy atom. The SMILES string of the molecule is CC(CC(F)(F)F)NC(=O)C1C=CC(N)C1. The zero-order chi connectivity index (χ0) is 12.3. The molecule has 0 heterocycles. The number of halogens is 3. The first-order valence-electron chi connectivity index (χ1n) is 5.09. The van der Waals surface area contributed by atoms with Gasteiger partial charge in [-0.25, -0.2) is 0 Å². The van der Waals surface area contributed by atoms with Gasteiger partial charge in [-0.05, 0) is 13.3 Å². The van der Waals surface area contributed by atoms with Crippen molar-refractivity contribution in [3.05, 3.63) is 12.2 Å². The van der Waals surface area contributed by atoms with Gasteiger partial charge >= 0.3 is 6.18 Å². The third kappa shape index (κ3) is 4.22. The van der Waals surface area contributed by atoms with Crippen molar-refractivity contribution in [3.63, 3.8) is 0 Å². The van der Waals surface area contributed by atoms with E-state index in [0.29, 0.717) is 6.42 Å². The van der Waals surface area contributed by atoms with Gasteiger partial charge in [-0.2, -0.15) is 13.2 Å². The Morgan fingerprint density at radius 3 is 2.62 bits per heavy atom. The third-order valence-electron chi connectivity index (χ3n) is 2.38. The predicted molar refractivity (Wildman–Crippen MR) is 53.5 cm³/mol. The highest BCUT2D eigenvalue weighted by Crippen LogP contribution is 2.22. The first kappa shape index (κ1) is 13.0. The van der Waals surface area contributed by atoms with E-state index in [1.165, 1.54) is 6.92 Å². The summed E-state index contributed by atoms with van der Waals surface area (Å²) in [4.78, 5) is 11.5. The van der Waals surface area contributed by atoms with Crippen molar-refractivity contribution in [1.29, 1.82) is 0 Å². The van der Waals surface area contributed by atoms with Gasteiger partial charge in [0.2, 0.25) is 5.91 Å². The molecule has 6 heteroatoms. The van der Waals surface area contributed by atoms with E-state index >= 15 is 0 Å². The first-order chi connectivity index (χ1) is 7.28. The van der Waals surface area contributed by atoms with E-state index in [2.05, 4.69) is 5.32 Å². The lowest BCUT2D eigenvalue weighted by atomic mass is 10.1. The molecule has 92 valence electrons. The molecule has 0 aromatic heterocycles. The number of nitrogens with one attached hydrogen (secondary N) is 1. The van der Waals surface area contributed by atoms with Crippen LogP contribution in [-0.2, 0) is 4.79 Å². The Kier molecular flexibility index (Phi) is 3.96. The molecule has 1 rings (SSSR count). The minimum Gasteiger partial charge on any atom is -0.353 e. The standard InChI is InChI=1S/C10H15F3N2O/c1-6(5-10(11,12)13)15-9(16)7-2-3-8(14)4-7/h2-3,6-8H,4-5,14H2,1H3,(H,15,16). The van der Waals surface area contributed by atoms with Gasteiger partial charge in [0.1, 0.15) is 0 Å². The van der Waals surface area contributed by atoms with E-state index in [4.69, 9.17) is 5.73 Å². The number of alkyl halides is 3. The summed E-state index contributed by atoms with van der Waals surface area (Å²) in [5.74, 6) is -0.786. The molecule has 3 N–H and O–H groups in total. The van der Waals surface area contributed by atoms with Crippen molar-refractivity contribution in [3.8, 4) is 0 Å². The molecule has 0 radical (unpaired) electrons. The van der Waals surface area contributed by atoms with Crippen molar-refractivity contribution in [2.24, 2.45) is 11.7 Å². The number of nitrogens with two attached hydrogens (primary N) is 1. The molecule has 3 nitrogen and oxygen atoms in total. The van der Waals surface area contributed by atoms with Gasteiger partial charge in [0.15, 0.2) is 0 Å². The van der Waals surface area contributed by atoms with Gasteiger partial charge in [-0.3, -0.25) is 4.79 Å². The number of carbonyl (C=O) groups excluding carboxylic acids is 1. The third-order valence-corrected chi connectivity index (χ3v) is 2.38. The van der Waals surface area contributed by atoms with E-state index in [1.54, 1.807) is 12.2 Å². The normalized spacial score (nSPS) is 26.8. The monoisotopic (exact) mass is 236 g/mol. The van der Waals surface area contributed by atoms with Crippen LogP contribution in [0.25, 0.3) is 0 Å². The minimum atomic E-state index is -4.26. The van der Waals surface area contributed by atoms with Crippen molar-refractivity contribution >= 4 is 5.91 Å². The van der Waals surface area contributed by atoms with Crippen molar-refractivity contribution in [2.45, 2.75) is 38.0 Å². The molecular formula is C10H15F3N2O. The number of amides is 1. The summed E-state index contributed by atoms with van der Waals surface area (Å²) in [5, 5.41) is 2.33. The molecule has 1 aliphatic carbocycles. The summed E-state index contributed by atoms with van der Waals surface area (Å²) in [7, 11) is 0. The molecule has 3 unspecified atom stereocenters. The lowest BCUT2D eigenvalue weighted by Crippen LogP contribution is -2.39. The van der Waals surface area contributed by atoms with Crippen LogP contribution in [-0.4, -0.2) is 24.2 Å². The maximum atomic E-state index is 12.0. The number of hydrogen-bond acceptors (Lipinski definition) is 2. The first-order valence-corrected chi connectivity index (χ1v) is 5.09. The Hall–Kier alpha value is -1.04.